The van der Waals surface area contributed by atoms with Gasteiger partial charge in [-0.15, -0.1) is 11.3 Å². The van der Waals surface area contributed by atoms with Gasteiger partial charge in [0.2, 0.25) is 0 Å². The highest BCUT2D eigenvalue weighted by Crippen LogP contribution is 2.39. The molecular weight excluding hydrogens is 409 g/mol. The fraction of sp³-hybridized carbons (Fsp3) is 0.200. The molecule has 0 radical (unpaired) electrons. The number of non-ortho nitro benzene ring substituents is 1. The van der Waals surface area contributed by atoms with Gasteiger partial charge < -0.3 is 14.2 Å². The highest BCUT2D eigenvalue weighted by atomic mass is 32.1. The number of nitrogens with zero attached hydrogens (tertiary/aromatic N) is 5. The first-order chi connectivity index (χ1) is 14.4. The summed E-state index contributed by atoms with van der Waals surface area (Å²) in [5.74, 6) is -0.461. The number of thiophene rings is 1. The van der Waals surface area contributed by atoms with Gasteiger partial charge in [-0.3, -0.25) is 15.1 Å². The smallest absolute Gasteiger partial charge is 0.272 e. The zero-order valence-electron chi connectivity index (χ0n) is 16.3. The van der Waals surface area contributed by atoms with E-state index < -0.39 is 10.7 Å². The number of likely N-dealkylation sites (N-methyl/N-ethyl adjacent to an activating group) is 1. The van der Waals surface area contributed by atoms with Crippen molar-refractivity contribution in [2.45, 2.75) is 6.54 Å². The number of ether oxygens (including phenoxy) is 1. The second-order valence-electron chi connectivity index (χ2n) is 6.91. The number of hydrogen-bond acceptors (Lipinski definition) is 7. The Morgan fingerprint density at radius 3 is 2.80 bits per heavy atom. The summed E-state index contributed by atoms with van der Waals surface area (Å²) in [4.78, 5) is 22.0. The summed E-state index contributed by atoms with van der Waals surface area (Å²) in [6.07, 6.45) is 5.35. The standard InChI is InChI=1S/C20H18FN5O3S/c1-24(2)7-8-25-11-16(23-12-25)19-10-15-20(30-19)18(5-6-22-15)29-17-4-3-13(26(27)28)9-14(17)21/h3-6,9-12H,7-8H2,1-2H3. The molecule has 0 amide bonds. The molecule has 0 unspecified atom stereocenters. The molecule has 3 heterocycles. The molecule has 0 fully saturated rings. The van der Waals surface area contributed by atoms with Crippen LogP contribution in [-0.4, -0.2) is 45.0 Å². The summed E-state index contributed by atoms with van der Waals surface area (Å²) in [6.45, 7) is 1.74. The Balaban J connectivity index is 1.62. The van der Waals surface area contributed by atoms with E-state index in [0.29, 0.717) is 11.3 Å². The minimum atomic E-state index is -0.800. The number of pyridine rings is 1. The molecule has 4 rings (SSSR count). The highest BCUT2D eigenvalue weighted by molar-refractivity contribution is 7.22. The van der Waals surface area contributed by atoms with Crippen LogP contribution in [0.25, 0.3) is 20.8 Å². The molecule has 4 aromatic rings. The van der Waals surface area contributed by atoms with Crippen molar-refractivity contribution in [2.75, 3.05) is 20.6 Å². The molecule has 0 N–H and O–H groups in total. The predicted octanol–water partition coefficient (Wildman–Crippen LogP) is 4.56. The molecule has 0 aliphatic heterocycles. The number of hydrogen-bond donors (Lipinski definition) is 0. The third-order valence-electron chi connectivity index (χ3n) is 4.41. The molecule has 8 nitrogen and oxygen atoms in total. The van der Waals surface area contributed by atoms with Crippen molar-refractivity contribution in [3.63, 3.8) is 0 Å². The number of nitro groups is 1. The van der Waals surface area contributed by atoms with Crippen molar-refractivity contribution < 1.29 is 14.1 Å². The normalized spacial score (nSPS) is 11.3. The van der Waals surface area contributed by atoms with Gasteiger partial charge in [-0.05, 0) is 26.2 Å². The minimum Gasteiger partial charge on any atom is -0.453 e. The van der Waals surface area contributed by atoms with Crippen molar-refractivity contribution in [3.8, 4) is 22.1 Å². The van der Waals surface area contributed by atoms with Crippen molar-refractivity contribution in [1.82, 2.24) is 19.4 Å². The van der Waals surface area contributed by atoms with Crippen LogP contribution in [0.4, 0.5) is 10.1 Å². The first kappa shape index (κ1) is 19.9. The summed E-state index contributed by atoms with van der Waals surface area (Å²) in [5.41, 5.74) is 1.20. The fourth-order valence-corrected chi connectivity index (χ4v) is 3.88. The van der Waals surface area contributed by atoms with E-state index in [0.717, 1.165) is 34.4 Å². The van der Waals surface area contributed by atoms with E-state index in [1.807, 2.05) is 30.9 Å². The zero-order valence-corrected chi connectivity index (χ0v) is 17.1. The number of rotatable bonds is 7. The maximum atomic E-state index is 14.2. The number of benzene rings is 1. The van der Waals surface area contributed by atoms with Crippen molar-refractivity contribution in [3.05, 3.63) is 65.0 Å². The average Bonchev–Trinajstić information content (AvgIpc) is 3.35. The maximum Gasteiger partial charge on any atom is 0.272 e. The van der Waals surface area contributed by atoms with E-state index in [4.69, 9.17) is 4.74 Å². The van der Waals surface area contributed by atoms with Gasteiger partial charge in [0, 0.05) is 37.6 Å². The largest absolute Gasteiger partial charge is 0.453 e. The van der Waals surface area contributed by atoms with Crippen LogP contribution >= 0.6 is 11.3 Å². The zero-order chi connectivity index (χ0) is 21.3. The number of fused-ring (bicyclic) bond motifs is 1. The molecule has 10 heteroatoms. The molecule has 0 saturated carbocycles. The van der Waals surface area contributed by atoms with Crippen LogP contribution in [0.1, 0.15) is 0 Å². The Hall–Kier alpha value is -3.37. The third-order valence-corrected chi connectivity index (χ3v) is 5.57. The Bertz CT molecular complexity index is 1220. The van der Waals surface area contributed by atoms with E-state index >= 15 is 0 Å². The van der Waals surface area contributed by atoms with Gasteiger partial charge >= 0.3 is 0 Å². The van der Waals surface area contributed by atoms with Crippen LogP contribution in [0.5, 0.6) is 11.5 Å². The summed E-state index contributed by atoms with van der Waals surface area (Å²) in [7, 11) is 4.04. The monoisotopic (exact) mass is 427 g/mol. The topological polar surface area (TPSA) is 86.3 Å². The number of imidazole rings is 1. The van der Waals surface area contributed by atoms with Gasteiger partial charge in [0.25, 0.3) is 5.69 Å². The highest BCUT2D eigenvalue weighted by Gasteiger charge is 2.16. The summed E-state index contributed by atoms with van der Waals surface area (Å²) >= 11 is 1.44. The lowest BCUT2D eigenvalue weighted by Crippen LogP contribution is -2.17. The van der Waals surface area contributed by atoms with Crippen molar-refractivity contribution in [1.29, 1.82) is 0 Å². The van der Waals surface area contributed by atoms with Crippen molar-refractivity contribution in [2.24, 2.45) is 0 Å². The minimum absolute atomic E-state index is 0.0870. The van der Waals surface area contributed by atoms with Crippen LogP contribution in [0.2, 0.25) is 0 Å². The second-order valence-corrected chi connectivity index (χ2v) is 7.96. The van der Waals surface area contributed by atoms with Gasteiger partial charge in [-0.25, -0.2) is 9.37 Å². The quantitative estimate of drug-likeness (QED) is 0.317. The van der Waals surface area contributed by atoms with Gasteiger partial charge in [-0.2, -0.15) is 0 Å². The van der Waals surface area contributed by atoms with Gasteiger partial charge in [0.05, 0.1) is 38.1 Å². The molecule has 30 heavy (non-hydrogen) atoms. The molecule has 0 aliphatic carbocycles. The summed E-state index contributed by atoms with van der Waals surface area (Å²) in [6, 6.07) is 6.85. The lowest BCUT2D eigenvalue weighted by atomic mass is 10.3. The first-order valence-electron chi connectivity index (χ1n) is 9.08. The van der Waals surface area contributed by atoms with E-state index in [2.05, 4.69) is 14.9 Å². The van der Waals surface area contributed by atoms with E-state index in [-0.39, 0.29) is 11.4 Å². The molecule has 0 bridgehead atoms. The van der Waals surface area contributed by atoms with Gasteiger partial charge in [0.1, 0.15) is 5.75 Å². The molecule has 0 saturated heterocycles. The number of aromatic nitrogens is 3. The average molecular weight is 427 g/mol. The Morgan fingerprint density at radius 1 is 1.23 bits per heavy atom. The van der Waals surface area contributed by atoms with E-state index in [9.17, 15) is 14.5 Å². The first-order valence-corrected chi connectivity index (χ1v) is 9.89. The van der Waals surface area contributed by atoms with Gasteiger partial charge in [0.15, 0.2) is 11.6 Å². The lowest BCUT2D eigenvalue weighted by molar-refractivity contribution is -0.385. The summed E-state index contributed by atoms with van der Waals surface area (Å²) < 4.78 is 22.7. The SMILES string of the molecule is CN(C)CCn1cnc(-c2cc3nccc(Oc4ccc([N+](=O)[O-])cc4F)c3s2)c1. The van der Waals surface area contributed by atoms with Gasteiger partial charge in [-0.1, -0.05) is 0 Å². The predicted molar refractivity (Wildman–Crippen MR) is 113 cm³/mol. The molecular formula is C20H18FN5O3S. The van der Waals surface area contributed by atoms with E-state index in [1.54, 1.807) is 18.6 Å². The van der Waals surface area contributed by atoms with Crippen LogP contribution in [0.3, 0.4) is 0 Å². The third kappa shape index (κ3) is 4.14. The van der Waals surface area contributed by atoms with Crippen LogP contribution in [0.15, 0.2) is 49.1 Å². The van der Waals surface area contributed by atoms with Crippen molar-refractivity contribution >= 4 is 27.2 Å². The Kier molecular flexibility index (Phi) is 5.42. The molecule has 3 aromatic heterocycles. The Labute approximate surface area is 175 Å². The fourth-order valence-electron chi connectivity index (χ4n) is 2.85. The second kappa shape index (κ2) is 8.17. The summed E-state index contributed by atoms with van der Waals surface area (Å²) in [5, 5.41) is 10.8. The van der Waals surface area contributed by atoms with Crippen LogP contribution in [0, 0.1) is 15.9 Å². The van der Waals surface area contributed by atoms with Crippen LogP contribution < -0.4 is 4.74 Å². The van der Waals surface area contributed by atoms with E-state index in [1.165, 1.54) is 23.5 Å². The molecule has 0 aliphatic rings. The molecule has 0 atom stereocenters. The van der Waals surface area contributed by atoms with Crippen LogP contribution in [-0.2, 0) is 6.54 Å². The lowest BCUT2D eigenvalue weighted by Gasteiger charge is -2.08. The molecule has 1 aromatic carbocycles. The molecule has 0 spiro atoms. The maximum absolute atomic E-state index is 14.2. The Morgan fingerprint density at radius 2 is 2.07 bits per heavy atom. The number of halogens is 1. The number of nitro benzene ring substituents is 1. The molecule has 154 valence electrons.